The molecule has 108 valence electrons. The fourth-order valence-corrected chi connectivity index (χ4v) is 2.29. The highest BCUT2D eigenvalue weighted by Crippen LogP contribution is 2.09. The number of terminal acetylenes is 1. The summed E-state index contributed by atoms with van der Waals surface area (Å²) in [6.45, 7) is 9.60. The number of carbonyl (C=O) groups is 1. The zero-order chi connectivity index (χ0) is 14.3. The first-order valence-corrected chi connectivity index (χ1v) is 7.11. The molecule has 0 radical (unpaired) electrons. The van der Waals surface area contributed by atoms with Gasteiger partial charge in [-0.15, -0.1) is 6.42 Å². The summed E-state index contributed by atoms with van der Waals surface area (Å²) < 4.78 is 0. The van der Waals surface area contributed by atoms with Gasteiger partial charge in [0, 0.05) is 37.6 Å². The first-order chi connectivity index (χ1) is 8.90. The molecule has 0 unspecified atom stereocenters. The van der Waals surface area contributed by atoms with E-state index in [9.17, 15) is 4.79 Å². The van der Waals surface area contributed by atoms with E-state index in [1.54, 1.807) is 0 Å². The largest absolute Gasteiger partial charge is 0.351 e. The Morgan fingerprint density at radius 2 is 2.00 bits per heavy atom. The van der Waals surface area contributed by atoms with Gasteiger partial charge in [0.15, 0.2) is 0 Å². The van der Waals surface area contributed by atoms with E-state index >= 15 is 0 Å². The maximum absolute atomic E-state index is 11.7. The van der Waals surface area contributed by atoms with E-state index in [1.807, 2.05) is 20.8 Å². The first kappa shape index (κ1) is 16.0. The molecular formula is C15H27N3O. The molecule has 1 heterocycles. The summed E-state index contributed by atoms with van der Waals surface area (Å²) in [7, 11) is 0. The van der Waals surface area contributed by atoms with Gasteiger partial charge in [-0.2, -0.15) is 0 Å². The SMILES string of the molecule is C#CCN1CCC(NCCC(=O)NC(C)(C)C)CC1. The van der Waals surface area contributed by atoms with Gasteiger partial charge in [0.1, 0.15) is 0 Å². The average molecular weight is 265 g/mol. The van der Waals surface area contributed by atoms with Crippen LogP contribution in [0, 0.1) is 12.3 Å². The van der Waals surface area contributed by atoms with Crippen LogP contribution < -0.4 is 10.6 Å². The van der Waals surface area contributed by atoms with Crippen LogP contribution in [0.5, 0.6) is 0 Å². The minimum Gasteiger partial charge on any atom is -0.351 e. The van der Waals surface area contributed by atoms with Crippen molar-refractivity contribution in [3.63, 3.8) is 0 Å². The number of hydrogen-bond donors (Lipinski definition) is 2. The number of hydrogen-bond acceptors (Lipinski definition) is 3. The molecule has 0 aliphatic carbocycles. The van der Waals surface area contributed by atoms with Gasteiger partial charge in [-0.1, -0.05) is 5.92 Å². The summed E-state index contributed by atoms with van der Waals surface area (Å²) in [5, 5.41) is 6.43. The number of amides is 1. The topological polar surface area (TPSA) is 44.4 Å². The Bertz CT molecular complexity index is 319. The van der Waals surface area contributed by atoms with E-state index in [1.165, 1.54) is 0 Å². The van der Waals surface area contributed by atoms with Crippen LogP contribution in [0.15, 0.2) is 0 Å². The number of nitrogens with zero attached hydrogens (tertiary/aromatic N) is 1. The van der Waals surface area contributed by atoms with Crippen LogP contribution in [0.4, 0.5) is 0 Å². The summed E-state index contributed by atoms with van der Waals surface area (Å²) in [5.74, 6) is 2.80. The van der Waals surface area contributed by atoms with Crippen molar-refractivity contribution in [2.24, 2.45) is 0 Å². The third kappa shape index (κ3) is 7.19. The van der Waals surface area contributed by atoms with Crippen LogP contribution in [0.1, 0.15) is 40.0 Å². The van der Waals surface area contributed by atoms with Crippen molar-refractivity contribution in [1.82, 2.24) is 15.5 Å². The van der Waals surface area contributed by atoms with Gasteiger partial charge >= 0.3 is 0 Å². The predicted molar refractivity (Wildman–Crippen MR) is 78.8 cm³/mol. The zero-order valence-corrected chi connectivity index (χ0v) is 12.5. The lowest BCUT2D eigenvalue weighted by molar-refractivity contribution is -0.122. The lowest BCUT2D eigenvalue weighted by atomic mass is 10.0. The molecule has 1 saturated heterocycles. The fourth-order valence-electron chi connectivity index (χ4n) is 2.29. The van der Waals surface area contributed by atoms with Crippen molar-refractivity contribution < 1.29 is 4.79 Å². The molecule has 1 aliphatic heterocycles. The number of nitrogens with one attached hydrogen (secondary N) is 2. The van der Waals surface area contributed by atoms with Gasteiger partial charge in [-0.25, -0.2) is 0 Å². The Kier molecular flexibility index (Phi) is 6.33. The van der Waals surface area contributed by atoms with Crippen LogP contribution >= 0.6 is 0 Å². The maximum atomic E-state index is 11.7. The van der Waals surface area contributed by atoms with Crippen molar-refractivity contribution in [2.75, 3.05) is 26.2 Å². The Hall–Kier alpha value is -1.05. The van der Waals surface area contributed by atoms with Crippen LogP contribution in [-0.4, -0.2) is 48.6 Å². The fraction of sp³-hybridized carbons (Fsp3) is 0.800. The quantitative estimate of drug-likeness (QED) is 0.728. The highest BCUT2D eigenvalue weighted by molar-refractivity contribution is 5.76. The van der Waals surface area contributed by atoms with Crippen molar-refractivity contribution in [3.05, 3.63) is 0 Å². The van der Waals surface area contributed by atoms with Gasteiger partial charge < -0.3 is 10.6 Å². The molecule has 0 bridgehead atoms. The van der Waals surface area contributed by atoms with Crippen molar-refractivity contribution in [2.45, 2.75) is 51.6 Å². The van der Waals surface area contributed by atoms with E-state index in [2.05, 4.69) is 21.5 Å². The third-order valence-electron chi connectivity index (χ3n) is 3.20. The summed E-state index contributed by atoms with van der Waals surface area (Å²) in [5.41, 5.74) is -0.141. The van der Waals surface area contributed by atoms with Crippen LogP contribution in [0.2, 0.25) is 0 Å². The van der Waals surface area contributed by atoms with E-state index in [4.69, 9.17) is 6.42 Å². The monoisotopic (exact) mass is 265 g/mol. The molecule has 0 aromatic carbocycles. The number of piperidine rings is 1. The average Bonchev–Trinajstić information content (AvgIpc) is 2.29. The summed E-state index contributed by atoms with van der Waals surface area (Å²) in [6, 6.07) is 0.525. The molecule has 1 fully saturated rings. The van der Waals surface area contributed by atoms with Gasteiger partial charge in [0.05, 0.1) is 6.54 Å². The highest BCUT2D eigenvalue weighted by Gasteiger charge is 2.18. The molecule has 19 heavy (non-hydrogen) atoms. The molecule has 1 rings (SSSR count). The van der Waals surface area contributed by atoms with Crippen molar-refractivity contribution in [3.8, 4) is 12.3 Å². The zero-order valence-electron chi connectivity index (χ0n) is 12.5. The second-order valence-corrected chi connectivity index (χ2v) is 6.26. The van der Waals surface area contributed by atoms with Gasteiger partial charge in [0.25, 0.3) is 0 Å². The Labute approximate surface area is 117 Å². The molecule has 2 N–H and O–H groups in total. The van der Waals surface area contributed by atoms with Gasteiger partial charge in [-0.05, 0) is 33.6 Å². The molecule has 0 aromatic heterocycles. The smallest absolute Gasteiger partial charge is 0.221 e. The Balaban J connectivity index is 2.11. The molecule has 4 heteroatoms. The maximum Gasteiger partial charge on any atom is 0.221 e. The molecule has 0 spiro atoms. The number of carbonyl (C=O) groups excluding carboxylic acids is 1. The van der Waals surface area contributed by atoms with Crippen LogP contribution in [-0.2, 0) is 4.79 Å². The van der Waals surface area contributed by atoms with Crippen LogP contribution in [0.25, 0.3) is 0 Å². The predicted octanol–water partition coefficient (Wildman–Crippen LogP) is 0.978. The number of likely N-dealkylation sites (tertiary alicyclic amines) is 1. The summed E-state index contributed by atoms with van der Waals surface area (Å²) in [6.07, 6.45) is 8.08. The second kappa shape index (κ2) is 7.52. The first-order valence-electron chi connectivity index (χ1n) is 7.11. The van der Waals surface area contributed by atoms with Crippen molar-refractivity contribution in [1.29, 1.82) is 0 Å². The minimum atomic E-state index is -0.141. The second-order valence-electron chi connectivity index (χ2n) is 6.26. The van der Waals surface area contributed by atoms with Crippen LogP contribution in [0.3, 0.4) is 0 Å². The minimum absolute atomic E-state index is 0.116. The molecule has 4 nitrogen and oxygen atoms in total. The molecule has 1 aliphatic rings. The number of rotatable bonds is 5. The summed E-state index contributed by atoms with van der Waals surface area (Å²) in [4.78, 5) is 14.0. The standard InChI is InChI=1S/C15H27N3O/c1-5-10-18-11-7-13(8-12-18)16-9-6-14(19)17-15(2,3)4/h1,13,16H,6-12H2,2-4H3,(H,17,19). The molecule has 0 aromatic rings. The Morgan fingerprint density at radius 3 is 2.53 bits per heavy atom. The summed E-state index contributed by atoms with van der Waals surface area (Å²) >= 11 is 0. The van der Waals surface area contributed by atoms with Crippen molar-refractivity contribution >= 4 is 5.91 Å². The Morgan fingerprint density at radius 1 is 1.37 bits per heavy atom. The lowest BCUT2D eigenvalue weighted by Crippen LogP contribution is -2.45. The van der Waals surface area contributed by atoms with Gasteiger partial charge in [-0.3, -0.25) is 9.69 Å². The lowest BCUT2D eigenvalue weighted by Gasteiger charge is -2.31. The van der Waals surface area contributed by atoms with E-state index in [0.717, 1.165) is 39.0 Å². The molecular weight excluding hydrogens is 238 g/mol. The van der Waals surface area contributed by atoms with E-state index in [-0.39, 0.29) is 11.4 Å². The van der Waals surface area contributed by atoms with Gasteiger partial charge in [0.2, 0.25) is 5.91 Å². The van der Waals surface area contributed by atoms with E-state index in [0.29, 0.717) is 12.5 Å². The molecule has 0 saturated carbocycles. The molecule has 0 atom stereocenters. The normalized spacial score (nSPS) is 18.0. The van der Waals surface area contributed by atoms with E-state index < -0.39 is 0 Å². The molecule has 1 amide bonds. The highest BCUT2D eigenvalue weighted by atomic mass is 16.1. The third-order valence-corrected chi connectivity index (χ3v) is 3.20.